The number of H-pyrrole nitrogens is 2. The van der Waals surface area contributed by atoms with E-state index >= 15 is 0 Å². The van der Waals surface area contributed by atoms with Crippen molar-refractivity contribution in [1.29, 1.82) is 0 Å². The second-order valence-corrected chi connectivity index (χ2v) is 9.43. The number of aliphatic imine (C=N–C) groups is 2. The van der Waals surface area contributed by atoms with E-state index in [0.29, 0.717) is 66.3 Å². The molecule has 242 valence electrons. The average Bonchev–Trinajstić information content (AvgIpc) is 3.65. The predicted molar refractivity (Wildman–Crippen MR) is 185 cm³/mol. The Balaban J connectivity index is 0.00000353. The summed E-state index contributed by atoms with van der Waals surface area (Å²) in [4.78, 5) is 52.5. The maximum Gasteiger partial charge on any atom is 0.272 e. The Morgan fingerprint density at radius 2 is 1.18 bits per heavy atom. The van der Waals surface area contributed by atoms with Crippen LogP contribution in [0.15, 0.2) is 58.5 Å². The van der Waals surface area contributed by atoms with Gasteiger partial charge < -0.3 is 47.2 Å². The van der Waals surface area contributed by atoms with Crippen molar-refractivity contribution < 1.29 is 14.4 Å². The summed E-state index contributed by atoms with van der Waals surface area (Å²) >= 11 is 0. The van der Waals surface area contributed by atoms with E-state index in [1.165, 1.54) is 0 Å². The van der Waals surface area contributed by atoms with Gasteiger partial charge in [0, 0.05) is 87.4 Å². The van der Waals surface area contributed by atoms with Gasteiger partial charge in [-0.2, -0.15) is 0 Å². The van der Waals surface area contributed by atoms with Gasteiger partial charge in [0.15, 0.2) is 11.9 Å². The van der Waals surface area contributed by atoms with E-state index in [0.717, 1.165) is 16.3 Å². The molecule has 9 N–H and O–H groups in total. The largest absolute Gasteiger partial charge is 0.359 e. The number of benzene rings is 2. The van der Waals surface area contributed by atoms with Gasteiger partial charge in [0.25, 0.3) is 17.7 Å². The molecule has 0 unspecified atom stereocenters. The number of guanidine groups is 2. The normalized spacial score (nSPS) is 11.2. The number of fused-ring (bicyclic) bond motifs is 2. The van der Waals surface area contributed by atoms with Gasteiger partial charge in [-0.05, 0) is 42.5 Å². The Morgan fingerprint density at radius 1 is 0.622 bits per heavy atom. The van der Waals surface area contributed by atoms with Crippen molar-refractivity contribution in [3.05, 3.63) is 65.5 Å². The van der Waals surface area contributed by atoms with Crippen molar-refractivity contribution in [2.45, 2.75) is 0 Å². The minimum absolute atomic E-state index is 0. The van der Waals surface area contributed by atoms with E-state index in [1.54, 1.807) is 70.7 Å². The topological polar surface area (TPSA) is 192 Å². The Morgan fingerprint density at radius 3 is 1.80 bits per heavy atom. The van der Waals surface area contributed by atoms with Crippen LogP contribution in [0.4, 0.5) is 5.69 Å². The summed E-state index contributed by atoms with van der Waals surface area (Å²) in [6.07, 6.45) is 0. The SMILES string of the molecule is CN=C(NC)NCCNC(=O)c1ccc2[nH]c(C(=O)Nc3ccc4cc(C(=O)NCCNC(=NC)NC)[nH]c4c3)cc2c1.Cl.Cl. The van der Waals surface area contributed by atoms with Gasteiger partial charge >= 0.3 is 0 Å². The van der Waals surface area contributed by atoms with E-state index in [9.17, 15) is 14.4 Å². The van der Waals surface area contributed by atoms with Gasteiger partial charge in [-0.15, -0.1) is 24.8 Å². The predicted octanol–water partition coefficient (Wildman–Crippen LogP) is 1.79. The van der Waals surface area contributed by atoms with Crippen molar-refractivity contribution in [2.75, 3.05) is 59.7 Å². The molecule has 0 bridgehead atoms. The molecule has 0 atom stereocenters. The molecule has 45 heavy (non-hydrogen) atoms. The summed E-state index contributed by atoms with van der Waals surface area (Å²) in [5.41, 5.74) is 3.27. The minimum Gasteiger partial charge on any atom is -0.359 e. The molecular weight excluding hydrogens is 621 g/mol. The van der Waals surface area contributed by atoms with Crippen molar-refractivity contribution in [3.63, 3.8) is 0 Å². The maximum atomic E-state index is 13.0. The molecular formula is C29H39Cl2N11O3. The molecule has 0 aliphatic heterocycles. The summed E-state index contributed by atoms with van der Waals surface area (Å²) in [5, 5.41) is 22.1. The van der Waals surface area contributed by atoms with Gasteiger partial charge in [-0.3, -0.25) is 24.4 Å². The first kappa shape index (κ1) is 36.2. The van der Waals surface area contributed by atoms with E-state index in [4.69, 9.17) is 0 Å². The quantitative estimate of drug-likeness (QED) is 0.0704. The van der Waals surface area contributed by atoms with E-state index in [1.807, 2.05) is 6.07 Å². The van der Waals surface area contributed by atoms with Crippen molar-refractivity contribution in [1.82, 2.24) is 41.9 Å². The highest BCUT2D eigenvalue weighted by atomic mass is 35.5. The molecule has 16 heteroatoms. The fraction of sp³-hybridized carbons (Fsp3) is 0.276. The lowest BCUT2D eigenvalue weighted by Crippen LogP contribution is -2.40. The zero-order valence-corrected chi connectivity index (χ0v) is 27.0. The molecule has 3 amide bonds. The van der Waals surface area contributed by atoms with E-state index < -0.39 is 0 Å². The first-order chi connectivity index (χ1) is 20.8. The number of nitrogens with zero attached hydrogens (tertiary/aromatic N) is 2. The van der Waals surface area contributed by atoms with Crippen molar-refractivity contribution in [2.24, 2.45) is 9.98 Å². The second kappa shape index (κ2) is 17.4. The molecule has 0 radical (unpaired) electrons. The van der Waals surface area contributed by atoms with Crippen LogP contribution in [0, 0.1) is 0 Å². The fourth-order valence-corrected chi connectivity index (χ4v) is 4.39. The Bertz CT molecular complexity index is 1680. The first-order valence-electron chi connectivity index (χ1n) is 13.7. The molecule has 4 aromatic rings. The molecule has 0 saturated heterocycles. The first-order valence-corrected chi connectivity index (χ1v) is 13.7. The minimum atomic E-state index is -0.334. The summed E-state index contributed by atoms with van der Waals surface area (Å²) in [6, 6.07) is 14.1. The number of hydrogen-bond donors (Lipinski definition) is 9. The van der Waals surface area contributed by atoms with Crippen LogP contribution in [0.2, 0.25) is 0 Å². The van der Waals surface area contributed by atoms with Gasteiger partial charge in [0.2, 0.25) is 0 Å². The highest BCUT2D eigenvalue weighted by Crippen LogP contribution is 2.22. The van der Waals surface area contributed by atoms with Crippen LogP contribution >= 0.6 is 24.8 Å². The number of amides is 3. The number of aromatic nitrogens is 2. The number of aromatic amines is 2. The number of anilines is 1. The van der Waals surface area contributed by atoms with Crippen LogP contribution in [0.25, 0.3) is 21.8 Å². The molecule has 0 spiro atoms. The lowest BCUT2D eigenvalue weighted by atomic mass is 10.1. The highest BCUT2D eigenvalue weighted by molar-refractivity contribution is 6.08. The van der Waals surface area contributed by atoms with E-state index in [2.05, 4.69) is 57.2 Å². The second-order valence-electron chi connectivity index (χ2n) is 9.43. The van der Waals surface area contributed by atoms with Gasteiger partial charge in [-0.25, -0.2) is 0 Å². The molecule has 14 nitrogen and oxygen atoms in total. The third-order valence-electron chi connectivity index (χ3n) is 6.58. The highest BCUT2D eigenvalue weighted by Gasteiger charge is 2.14. The fourth-order valence-electron chi connectivity index (χ4n) is 4.39. The summed E-state index contributed by atoms with van der Waals surface area (Å²) in [5.74, 6) is 0.494. The van der Waals surface area contributed by atoms with Gasteiger partial charge in [0.05, 0.1) is 0 Å². The molecule has 0 saturated carbocycles. The van der Waals surface area contributed by atoms with E-state index in [-0.39, 0.29) is 42.5 Å². The summed E-state index contributed by atoms with van der Waals surface area (Å²) in [7, 11) is 6.86. The number of carbonyl (C=O) groups is 3. The molecule has 0 aliphatic carbocycles. The Labute approximate surface area is 272 Å². The number of carbonyl (C=O) groups excluding carboxylic acids is 3. The maximum absolute atomic E-state index is 13.0. The number of nitrogens with one attached hydrogen (secondary N) is 9. The van der Waals surface area contributed by atoms with Crippen molar-refractivity contribution >= 4 is 81.9 Å². The smallest absolute Gasteiger partial charge is 0.272 e. The zero-order valence-electron chi connectivity index (χ0n) is 25.4. The molecule has 2 aromatic carbocycles. The monoisotopic (exact) mass is 659 g/mol. The molecule has 2 heterocycles. The molecule has 4 rings (SSSR count). The van der Waals surface area contributed by atoms with Crippen LogP contribution in [0.3, 0.4) is 0 Å². The van der Waals surface area contributed by atoms with Crippen LogP contribution in [-0.4, -0.2) is 94.0 Å². The Kier molecular flexibility index (Phi) is 14.0. The third-order valence-corrected chi connectivity index (χ3v) is 6.58. The third kappa shape index (κ3) is 9.52. The van der Waals surface area contributed by atoms with Gasteiger partial charge in [0.1, 0.15) is 11.4 Å². The summed E-state index contributed by atoms with van der Waals surface area (Å²) in [6.45, 7) is 1.86. The number of hydrogen-bond acceptors (Lipinski definition) is 5. The van der Waals surface area contributed by atoms with Gasteiger partial charge in [-0.1, -0.05) is 6.07 Å². The van der Waals surface area contributed by atoms with Crippen LogP contribution < -0.4 is 37.2 Å². The molecule has 0 aliphatic rings. The standard InChI is InChI=1S/C29H37N11O3.2ClH/c1-30-28(31-2)36-11-9-34-25(41)18-6-8-21-19(13-18)15-24(39-21)27(43)38-20-7-5-17-14-23(40-22(17)16-20)26(42)35-10-12-37-29(32-3)33-4;;/h5-8,13-16,39-40H,9-12H2,1-4H3,(H,34,41)(H,35,42)(H,38,43)(H2,30,31,36)(H2,32,33,37);2*1H. The zero-order chi connectivity index (χ0) is 30.8. The Hall–Kier alpha value is -4.95. The van der Waals surface area contributed by atoms with Crippen LogP contribution in [-0.2, 0) is 0 Å². The number of rotatable bonds is 10. The summed E-state index contributed by atoms with van der Waals surface area (Å²) < 4.78 is 0. The lowest BCUT2D eigenvalue weighted by molar-refractivity contribution is 0.0944. The number of halogens is 2. The molecule has 2 aromatic heterocycles. The average molecular weight is 661 g/mol. The van der Waals surface area contributed by atoms with Crippen LogP contribution in [0.5, 0.6) is 0 Å². The van der Waals surface area contributed by atoms with Crippen LogP contribution in [0.1, 0.15) is 31.3 Å². The lowest BCUT2D eigenvalue weighted by Gasteiger charge is -2.09. The van der Waals surface area contributed by atoms with Crippen molar-refractivity contribution in [3.8, 4) is 0 Å². The molecule has 0 fully saturated rings.